The minimum Gasteiger partial charge on any atom is -0.452 e. The lowest BCUT2D eigenvalue weighted by Gasteiger charge is -2.15. The third kappa shape index (κ3) is 2.80. The number of hydrogen-bond donors (Lipinski definition) is 0. The molecular weight excluding hydrogens is 318 g/mol. The second-order valence-corrected chi connectivity index (χ2v) is 6.04. The second kappa shape index (κ2) is 5.44. The average molecular weight is 334 g/mol. The molecule has 1 saturated carbocycles. The van der Waals surface area contributed by atoms with Crippen LogP contribution < -0.4 is 0 Å². The molecule has 0 unspecified atom stereocenters. The zero-order valence-corrected chi connectivity index (χ0v) is 12.8. The van der Waals surface area contributed by atoms with Gasteiger partial charge >= 0.3 is 0 Å². The number of nitrogens with zero attached hydrogens (tertiary/aromatic N) is 1. The van der Waals surface area contributed by atoms with E-state index in [0.717, 1.165) is 12.2 Å². The minimum absolute atomic E-state index is 0.126. The van der Waals surface area contributed by atoms with E-state index >= 15 is 0 Å². The van der Waals surface area contributed by atoms with Crippen LogP contribution in [0.25, 0.3) is 0 Å². The van der Waals surface area contributed by atoms with Crippen LogP contribution in [0.3, 0.4) is 0 Å². The van der Waals surface area contributed by atoms with Gasteiger partial charge < -0.3 is 9.32 Å². The van der Waals surface area contributed by atoms with Crippen LogP contribution in [0.2, 0.25) is 0 Å². The van der Waals surface area contributed by atoms with Crippen molar-refractivity contribution in [3.63, 3.8) is 0 Å². The second-order valence-electron chi connectivity index (χ2n) is 5.26. The SMILES string of the molecule is CN(Cc1ccc(Br)o1)C(=O)[C@H]1C[C@@H]1c1ccccc1. The smallest absolute Gasteiger partial charge is 0.226 e. The lowest BCUT2D eigenvalue weighted by atomic mass is 10.1. The van der Waals surface area contributed by atoms with Gasteiger partial charge in [0.15, 0.2) is 4.67 Å². The molecule has 0 bridgehead atoms. The number of carbonyl (C=O) groups is 1. The largest absolute Gasteiger partial charge is 0.452 e. The van der Waals surface area contributed by atoms with Gasteiger partial charge in [-0.2, -0.15) is 0 Å². The molecule has 20 heavy (non-hydrogen) atoms. The molecule has 1 aliphatic carbocycles. The Morgan fingerprint density at radius 1 is 1.30 bits per heavy atom. The molecule has 104 valence electrons. The summed E-state index contributed by atoms with van der Waals surface area (Å²) in [5, 5.41) is 0. The van der Waals surface area contributed by atoms with Gasteiger partial charge in [0.2, 0.25) is 5.91 Å². The first kappa shape index (κ1) is 13.4. The van der Waals surface area contributed by atoms with Crippen LogP contribution in [0.5, 0.6) is 0 Å². The summed E-state index contributed by atoms with van der Waals surface area (Å²) in [5.41, 5.74) is 1.26. The summed E-state index contributed by atoms with van der Waals surface area (Å²) in [6, 6.07) is 14.0. The number of hydrogen-bond acceptors (Lipinski definition) is 2. The molecule has 0 aliphatic heterocycles. The molecule has 2 atom stereocenters. The molecule has 2 aromatic rings. The van der Waals surface area contributed by atoms with E-state index in [4.69, 9.17) is 4.42 Å². The molecule has 0 radical (unpaired) electrons. The van der Waals surface area contributed by atoms with Crippen LogP contribution in [0.1, 0.15) is 23.7 Å². The Labute approximate surface area is 126 Å². The van der Waals surface area contributed by atoms with Gasteiger partial charge in [0.1, 0.15) is 5.76 Å². The van der Waals surface area contributed by atoms with Gasteiger partial charge in [0, 0.05) is 13.0 Å². The Balaban J connectivity index is 1.60. The van der Waals surface area contributed by atoms with Gasteiger partial charge in [-0.1, -0.05) is 30.3 Å². The van der Waals surface area contributed by atoms with Crippen molar-refractivity contribution in [3.8, 4) is 0 Å². The summed E-state index contributed by atoms with van der Waals surface area (Å²) >= 11 is 3.27. The maximum atomic E-state index is 12.4. The number of halogens is 1. The van der Waals surface area contributed by atoms with Gasteiger partial charge in [0.25, 0.3) is 0 Å². The molecule has 0 saturated heterocycles. The Morgan fingerprint density at radius 3 is 2.70 bits per heavy atom. The maximum Gasteiger partial charge on any atom is 0.226 e. The Morgan fingerprint density at radius 2 is 2.05 bits per heavy atom. The quantitative estimate of drug-likeness (QED) is 0.852. The molecule has 1 amide bonds. The summed E-state index contributed by atoms with van der Waals surface area (Å²) in [4.78, 5) is 14.1. The topological polar surface area (TPSA) is 33.5 Å². The third-order valence-corrected chi connectivity index (χ3v) is 4.16. The molecule has 0 spiro atoms. The molecule has 3 nitrogen and oxygen atoms in total. The molecule has 1 fully saturated rings. The standard InChI is InChI=1S/C16H16BrNO2/c1-18(10-12-7-8-15(17)20-12)16(19)14-9-13(14)11-5-3-2-4-6-11/h2-8,13-14H,9-10H2,1H3/t13-,14+/m1/s1. The fraction of sp³-hybridized carbons (Fsp3) is 0.312. The van der Waals surface area contributed by atoms with Crippen molar-refractivity contribution >= 4 is 21.8 Å². The van der Waals surface area contributed by atoms with Crippen molar-refractivity contribution in [3.05, 3.63) is 58.5 Å². The van der Waals surface area contributed by atoms with Crippen LogP contribution in [0, 0.1) is 5.92 Å². The number of carbonyl (C=O) groups excluding carboxylic acids is 1. The minimum atomic E-state index is 0.126. The van der Waals surface area contributed by atoms with E-state index in [2.05, 4.69) is 28.1 Å². The molecule has 4 heteroatoms. The predicted octanol–water partition coefficient (Wildman–Crippen LogP) is 3.80. The van der Waals surface area contributed by atoms with E-state index in [0.29, 0.717) is 17.1 Å². The lowest BCUT2D eigenvalue weighted by Crippen LogP contribution is -2.27. The van der Waals surface area contributed by atoms with Crippen molar-refractivity contribution in [2.75, 3.05) is 7.05 Å². The number of amides is 1. The normalized spacial score (nSPS) is 20.7. The van der Waals surface area contributed by atoms with Crippen molar-refractivity contribution in [2.24, 2.45) is 5.92 Å². The van der Waals surface area contributed by atoms with Crippen molar-refractivity contribution in [1.29, 1.82) is 0 Å². The van der Waals surface area contributed by atoms with E-state index < -0.39 is 0 Å². The van der Waals surface area contributed by atoms with Crippen molar-refractivity contribution < 1.29 is 9.21 Å². The average Bonchev–Trinajstić information content (AvgIpc) is 3.16. The van der Waals surface area contributed by atoms with Crippen LogP contribution in [0.15, 0.2) is 51.6 Å². The first-order valence-electron chi connectivity index (χ1n) is 6.69. The summed E-state index contributed by atoms with van der Waals surface area (Å²) < 4.78 is 6.13. The molecule has 1 heterocycles. The van der Waals surface area contributed by atoms with Crippen LogP contribution in [-0.2, 0) is 11.3 Å². The Kier molecular flexibility index (Phi) is 3.66. The molecule has 3 rings (SSSR count). The molecule has 1 aliphatic rings. The highest BCUT2D eigenvalue weighted by atomic mass is 79.9. The highest BCUT2D eigenvalue weighted by Crippen LogP contribution is 2.48. The van der Waals surface area contributed by atoms with Crippen LogP contribution >= 0.6 is 15.9 Å². The maximum absolute atomic E-state index is 12.4. The van der Waals surface area contributed by atoms with Gasteiger partial charge in [-0.3, -0.25) is 4.79 Å². The number of furan rings is 1. The zero-order valence-electron chi connectivity index (χ0n) is 11.3. The fourth-order valence-corrected chi connectivity index (χ4v) is 2.91. The summed E-state index contributed by atoms with van der Waals surface area (Å²) in [6.07, 6.45) is 0.953. The van der Waals surface area contributed by atoms with E-state index in [1.165, 1.54) is 5.56 Å². The van der Waals surface area contributed by atoms with Gasteiger partial charge in [-0.25, -0.2) is 0 Å². The highest BCUT2D eigenvalue weighted by Gasteiger charge is 2.45. The summed E-state index contributed by atoms with van der Waals surface area (Å²) in [6.45, 7) is 0.516. The monoisotopic (exact) mass is 333 g/mol. The highest BCUT2D eigenvalue weighted by molar-refractivity contribution is 9.10. The van der Waals surface area contributed by atoms with Crippen molar-refractivity contribution in [2.45, 2.75) is 18.9 Å². The first-order chi connectivity index (χ1) is 9.65. The number of benzene rings is 1. The van der Waals surface area contributed by atoms with Gasteiger partial charge in [0.05, 0.1) is 6.54 Å². The first-order valence-corrected chi connectivity index (χ1v) is 7.48. The molecule has 1 aromatic heterocycles. The molecule has 1 aromatic carbocycles. The van der Waals surface area contributed by atoms with E-state index in [-0.39, 0.29) is 11.8 Å². The van der Waals surface area contributed by atoms with Gasteiger partial charge in [-0.15, -0.1) is 0 Å². The van der Waals surface area contributed by atoms with E-state index in [1.807, 2.05) is 37.4 Å². The van der Waals surface area contributed by atoms with E-state index in [9.17, 15) is 4.79 Å². The molecule has 0 N–H and O–H groups in total. The molecular formula is C16H16BrNO2. The van der Waals surface area contributed by atoms with E-state index in [1.54, 1.807) is 4.90 Å². The number of rotatable bonds is 4. The third-order valence-electron chi connectivity index (χ3n) is 3.73. The van der Waals surface area contributed by atoms with Gasteiger partial charge in [-0.05, 0) is 46.0 Å². The fourth-order valence-electron chi connectivity index (χ4n) is 2.57. The van der Waals surface area contributed by atoms with Crippen molar-refractivity contribution in [1.82, 2.24) is 4.90 Å². The zero-order chi connectivity index (χ0) is 14.1. The lowest BCUT2D eigenvalue weighted by molar-refractivity contribution is -0.132. The summed E-state index contributed by atoms with van der Waals surface area (Å²) in [7, 11) is 1.83. The Bertz CT molecular complexity index is 608. The predicted molar refractivity (Wildman–Crippen MR) is 80.2 cm³/mol. The van der Waals surface area contributed by atoms with Crippen LogP contribution in [-0.4, -0.2) is 17.9 Å². The van der Waals surface area contributed by atoms with Crippen LogP contribution in [0.4, 0.5) is 0 Å². The Hall–Kier alpha value is -1.55. The summed E-state index contributed by atoms with van der Waals surface area (Å²) in [5.74, 6) is 1.51.